The monoisotopic (exact) mass is 257 g/mol. The highest BCUT2D eigenvalue weighted by Crippen LogP contribution is 2.25. The van der Waals surface area contributed by atoms with Gasteiger partial charge in [0.25, 0.3) is 0 Å². The van der Waals surface area contributed by atoms with E-state index in [9.17, 15) is 0 Å². The van der Waals surface area contributed by atoms with Crippen molar-refractivity contribution in [2.24, 2.45) is 0 Å². The molecule has 0 N–H and O–H groups in total. The lowest BCUT2D eigenvalue weighted by molar-refractivity contribution is -0.106. The molecule has 0 unspecified atom stereocenters. The molecule has 0 saturated carbocycles. The lowest BCUT2D eigenvalue weighted by atomic mass is 10.2. The summed E-state index contributed by atoms with van der Waals surface area (Å²) in [4.78, 5) is 4.08. The van der Waals surface area contributed by atoms with Gasteiger partial charge in [-0.1, -0.05) is 0 Å². The van der Waals surface area contributed by atoms with E-state index in [-0.39, 0.29) is 6.29 Å². The van der Waals surface area contributed by atoms with Crippen molar-refractivity contribution in [3.05, 3.63) is 22.9 Å². The maximum absolute atomic E-state index is 5.65. The molecule has 1 atom stereocenters. The highest BCUT2D eigenvalue weighted by Gasteiger charge is 2.16. The van der Waals surface area contributed by atoms with Crippen LogP contribution in [0.2, 0.25) is 0 Å². The van der Waals surface area contributed by atoms with Crippen molar-refractivity contribution >= 4 is 15.9 Å². The first kappa shape index (κ1) is 9.93. The molecule has 1 aliphatic rings. The Kier molecular flexibility index (Phi) is 3.37. The minimum absolute atomic E-state index is 0.107. The molecular formula is C10H12BrNO2. The van der Waals surface area contributed by atoms with Crippen molar-refractivity contribution in [2.45, 2.75) is 25.6 Å². The molecule has 1 aliphatic heterocycles. The van der Waals surface area contributed by atoms with E-state index in [0.717, 1.165) is 29.8 Å². The van der Waals surface area contributed by atoms with Crippen molar-refractivity contribution in [3.63, 3.8) is 0 Å². The van der Waals surface area contributed by atoms with Crippen LogP contribution in [0.3, 0.4) is 0 Å². The zero-order chi connectivity index (χ0) is 9.80. The van der Waals surface area contributed by atoms with E-state index in [1.165, 1.54) is 6.42 Å². The standard InChI is InChI=1S/C10H12BrNO2/c11-10-8(4-3-6-12-10)14-9-5-1-2-7-13-9/h3-4,6,9H,1-2,5,7H2/t9-/m1/s1. The Hall–Kier alpha value is -0.610. The summed E-state index contributed by atoms with van der Waals surface area (Å²) in [6.45, 7) is 0.794. The molecule has 1 aromatic heterocycles. The molecule has 14 heavy (non-hydrogen) atoms. The quantitative estimate of drug-likeness (QED) is 0.764. The summed E-state index contributed by atoms with van der Waals surface area (Å²) in [7, 11) is 0. The third-order valence-electron chi connectivity index (χ3n) is 2.12. The molecule has 4 heteroatoms. The van der Waals surface area contributed by atoms with Crippen molar-refractivity contribution < 1.29 is 9.47 Å². The third kappa shape index (κ3) is 2.45. The van der Waals surface area contributed by atoms with Crippen LogP contribution in [-0.2, 0) is 4.74 Å². The maximum Gasteiger partial charge on any atom is 0.199 e. The molecule has 1 fully saturated rings. The zero-order valence-corrected chi connectivity index (χ0v) is 9.37. The van der Waals surface area contributed by atoms with Crippen molar-refractivity contribution in [1.29, 1.82) is 0 Å². The first-order chi connectivity index (χ1) is 6.86. The largest absolute Gasteiger partial charge is 0.462 e. The summed E-state index contributed by atoms with van der Waals surface area (Å²) in [6, 6.07) is 3.73. The number of halogens is 1. The van der Waals surface area contributed by atoms with E-state index in [2.05, 4.69) is 20.9 Å². The van der Waals surface area contributed by atoms with Gasteiger partial charge in [0.15, 0.2) is 12.0 Å². The fourth-order valence-electron chi connectivity index (χ4n) is 1.40. The molecule has 2 rings (SSSR count). The van der Waals surface area contributed by atoms with Gasteiger partial charge in [0.2, 0.25) is 0 Å². The predicted molar refractivity (Wildman–Crippen MR) is 56.2 cm³/mol. The Balaban J connectivity index is 1.99. The smallest absolute Gasteiger partial charge is 0.199 e. The minimum atomic E-state index is -0.107. The Morgan fingerprint density at radius 2 is 2.43 bits per heavy atom. The van der Waals surface area contributed by atoms with Gasteiger partial charge in [-0.15, -0.1) is 0 Å². The van der Waals surface area contributed by atoms with E-state index in [1.807, 2.05) is 12.1 Å². The summed E-state index contributed by atoms with van der Waals surface area (Å²) in [5.41, 5.74) is 0. The van der Waals surface area contributed by atoms with Gasteiger partial charge in [-0.25, -0.2) is 4.98 Å². The second-order valence-electron chi connectivity index (χ2n) is 3.21. The first-order valence-corrected chi connectivity index (χ1v) is 5.54. The van der Waals surface area contributed by atoms with Crippen LogP contribution in [0, 0.1) is 0 Å². The van der Waals surface area contributed by atoms with Crippen LogP contribution in [0.25, 0.3) is 0 Å². The Morgan fingerprint density at radius 1 is 1.50 bits per heavy atom. The molecule has 1 saturated heterocycles. The van der Waals surface area contributed by atoms with Crippen LogP contribution in [0.1, 0.15) is 19.3 Å². The van der Waals surface area contributed by atoms with Crippen LogP contribution in [-0.4, -0.2) is 17.9 Å². The topological polar surface area (TPSA) is 31.4 Å². The summed E-state index contributed by atoms with van der Waals surface area (Å²) in [5, 5.41) is 0. The van der Waals surface area contributed by atoms with Crippen LogP contribution in [0.15, 0.2) is 22.9 Å². The zero-order valence-electron chi connectivity index (χ0n) is 7.78. The van der Waals surface area contributed by atoms with Gasteiger partial charge in [-0.3, -0.25) is 0 Å². The molecule has 0 aliphatic carbocycles. The predicted octanol–water partition coefficient (Wildman–Crippen LogP) is 2.75. The molecule has 0 amide bonds. The fraction of sp³-hybridized carbons (Fsp3) is 0.500. The van der Waals surface area contributed by atoms with Gasteiger partial charge in [0.1, 0.15) is 4.60 Å². The normalized spacial score (nSPS) is 21.9. The first-order valence-electron chi connectivity index (χ1n) is 4.75. The van der Waals surface area contributed by atoms with E-state index >= 15 is 0 Å². The van der Waals surface area contributed by atoms with Gasteiger partial charge in [0.05, 0.1) is 6.61 Å². The molecule has 0 radical (unpaired) electrons. The van der Waals surface area contributed by atoms with E-state index in [4.69, 9.17) is 9.47 Å². The molecule has 0 spiro atoms. The number of aromatic nitrogens is 1. The fourth-order valence-corrected chi connectivity index (χ4v) is 1.75. The lowest BCUT2D eigenvalue weighted by Crippen LogP contribution is -2.25. The van der Waals surface area contributed by atoms with Gasteiger partial charge in [-0.2, -0.15) is 0 Å². The number of rotatable bonds is 2. The molecular weight excluding hydrogens is 246 g/mol. The number of hydrogen-bond acceptors (Lipinski definition) is 3. The second-order valence-corrected chi connectivity index (χ2v) is 3.96. The average Bonchev–Trinajstić information content (AvgIpc) is 2.23. The summed E-state index contributed by atoms with van der Waals surface area (Å²) < 4.78 is 11.9. The Labute approximate surface area is 91.6 Å². The number of nitrogens with zero attached hydrogens (tertiary/aromatic N) is 1. The van der Waals surface area contributed by atoms with Gasteiger partial charge in [0, 0.05) is 12.6 Å². The summed E-state index contributed by atoms with van der Waals surface area (Å²) >= 11 is 3.33. The Morgan fingerprint density at radius 3 is 3.14 bits per heavy atom. The third-order valence-corrected chi connectivity index (χ3v) is 2.72. The number of ether oxygens (including phenoxy) is 2. The summed E-state index contributed by atoms with van der Waals surface area (Å²) in [6.07, 6.45) is 4.88. The highest BCUT2D eigenvalue weighted by atomic mass is 79.9. The molecule has 2 heterocycles. The van der Waals surface area contributed by atoms with Crippen LogP contribution in [0.5, 0.6) is 5.75 Å². The van der Waals surface area contributed by atoms with E-state index in [1.54, 1.807) is 6.20 Å². The maximum atomic E-state index is 5.65. The molecule has 1 aromatic rings. The van der Waals surface area contributed by atoms with E-state index in [0.29, 0.717) is 0 Å². The lowest BCUT2D eigenvalue weighted by Gasteiger charge is -2.23. The average molecular weight is 258 g/mol. The SMILES string of the molecule is Brc1ncccc1O[C@@H]1CCCCO1. The Bertz CT molecular complexity index is 300. The molecule has 76 valence electrons. The van der Waals surface area contributed by atoms with Crippen molar-refractivity contribution in [1.82, 2.24) is 4.98 Å². The van der Waals surface area contributed by atoms with Crippen LogP contribution in [0.4, 0.5) is 0 Å². The van der Waals surface area contributed by atoms with Gasteiger partial charge < -0.3 is 9.47 Å². The van der Waals surface area contributed by atoms with Crippen LogP contribution >= 0.6 is 15.9 Å². The second kappa shape index (κ2) is 4.75. The molecule has 0 aromatic carbocycles. The van der Waals surface area contributed by atoms with Crippen molar-refractivity contribution in [2.75, 3.05) is 6.61 Å². The number of hydrogen-bond donors (Lipinski definition) is 0. The molecule has 0 bridgehead atoms. The minimum Gasteiger partial charge on any atom is -0.462 e. The van der Waals surface area contributed by atoms with Crippen LogP contribution < -0.4 is 4.74 Å². The van der Waals surface area contributed by atoms with E-state index < -0.39 is 0 Å². The number of pyridine rings is 1. The van der Waals surface area contributed by atoms with Crippen molar-refractivity contribution in [3.8, 4) is 5.75 Å². The van der Waals surface area contributed by atoms with Gasteiger partial charge >= 0.3 is 0 Å². The summed E-state index contributed by atoms with van der Waals surface area (Å²) in [5.74, 6) is 0.749. The van der Waals surface area contributed by atoms with Gasteiger partial charge in [-0.05, 0) is 40.9 Å². The highest BCUT2D eigenvalue weighted by molar-refractivity contribution is 9.10. The molecule has 3 nitrogen and oxygen atoms in total.